The smallest absolute Gasteiger partial charge is 0.113 e. The van der Waals surface area contributed by atoms with Gasteiger partial charge in [-0.3, -0.25) is 4.90 Å². The molecule has 208 valence electrons. The summed E-state index contributed by atoms with van der Waals surface area (Å²) in [4.78, 5) is 2.53. The molecule has 1 fully saturated rings. The van der Waals surface area contributed by atoms with E-state index in [0.29, 0.717) is 25.7 Å². The molecule has 1 aliphatic heterocycles. The van der Waals surface area contributed by atoms with Gasteiger partial charge in [0.1, 0.15) is 12.2 Å². The van der Waals surface area contributed by atoms with Crippen LogP contribution in [0.3, 0.4) is 0 Å². The second kappa shape index (κ2) is 14.4. The standard InChI is InChI=1S/C36H41NO3/c1-28(33-21-13-6-14-22-33)23-37-24-34(38-25-30-15-7-3-8-16-30)36(40-27-32-19-11-5-12-20-32)35(29(37)2)39-26-31-17-9-4-10-18-31/h3-22,28-29,34-36H,23-27H2,1-2H3/t28-,29+,34-,35+,36+/m0/s1. The van der Waals surface area contributed by atoms with Gasteiger partial charge in [-0.1, -0.05) is 128 Å². The van der Waals surface area contributed by atoms with E-state index in [0.717, 1.165) is 29.8 Å². The normalized spacial score (nSPS) is 22.1. The lowest BCUT2D eigenvalue weighted by Crippen LogP contribution is -2.62. The van der Waals surface area contributed by atoms with Gasteiger partial charge in [-0.25, -0.2) is 0 Å². The van der Waals surface area contributed by atoms with Crippen LogP contribution in [0.25, 0.3) is 0 Å². The van der Waals surface area contributed by atoms with E-state index in [-0.39, 0.29) is 24.4 Å². The molecule has 1 heterocycles. The van der Waals surface area contributed by atoms with Crippen LogP contribution >= 0.6 is 0 Å². The van der Waals surface area contributed by atoms with Crippen molar-refractivity contribution >= 4 is 0 Å². The molecule has 0 amide bonds. The van der Waals surface area contributed by atoms with Gasteiger partial charge in [0, 0.05) is 19.1 Å². The minimum atomic E-state index is -0.203. The third-order valence-electron chi connectivity index (χ3n) is 7.91. The second-order valence-electron chi connectivity index (χ2n) is 10.9. The maximum absolute atomic E-state index is 6.74. The number of hydrogen-bond donors (Lipinski definition) is 0. The number of benzene rings is 4. The predicted octanol–water partition coefficient (Wildman–Crippen LogP) is 7.25. The highest BCUT2D eigenvalue weighted by Gasteiger charge is 2.44. The summed E-state index contributed by atoms with van der Waals surface area (Å²) in [6, 6.07) is 42.1. The third kappa shape index (κ3) is 7.67. The van der Waals surface area contributed by atoms with Crippen molar-refractivity contribution < 1.29 is 14.2 Å². The highest BCUT2D eigenvalue weighted by atomic mass is 16.6. The van der Waals surface area contributed by atoms with E-state index in [2.05, 4.69) is 122 Å². The molecule has 1 aliphatic rings. The second-order valence-corrected chi connectivity index (χ2v) is 10.9. The number of likely N-dealkylation sites (tertiary alicyclic amines) is 1. The fourth-order valence-corrected chi connectivity index (χ4v) is 5.57. The fraction of sp³-hybridized carbons (Fsp3) is 0.333. The highest BCUT2D eigenvalue weighted by molar-refractivity contribution is 5.20. The van der Waals surface area contributed by atoms with Crippen molar-refractivity contribution in [3.8, 4) is 0 Å². The quantitative estimate of drug-likeness (QED) is 0.191. The molecular formula is C36H41NO3. The first kappa shape index (κ1) is 28.3. The summed E-state index contributed by atoms with van der Waals surface area (Å²) in [7, 11) is 0. The van der Waals surface area contributed by atoms with E-state index in [1.807, 2.05) is 18.2 Å². The maximum atomic E-state index is 6.74. The average molecular weight is 536 g/mol. The summed E-state index contributed by atoms with van der Waals surface area (Å²) in [5, 5.41) is 0. The summed E-state index contributed by atoms with van der Waals surface area (Å²) < 4.78 is 20.1. The molecule has 4 aromatic rings. The van der Waals surface area contributed by atoms with Crippen molar-refractivity contribution in [3.63, 3.8) is 0 Å². The highest BCUT2D eigenvalue weighted by Crippen LogP contribution is 2.30. The number of ether oxygens (including phenoxy) is 3. The maximum Gasteiger partial charge on any atom is 0.113 e. The molecule has 0 N–H and O–H groups in total. The van der Waals surface area contributed by atoms with Gasteiger partial charge in [0.25, 0.3) is 0 Å². The first-order valence-electron chi connectivity index (χ1n) is 14.4. The Hall–Kier alpha value is -3.28. The summed E-state index contributed by atoms with van der Waals surface area (Å²) in [6.07, 6.45) is -0.490. The third-order valence-corrected chi connectivity index (χ3v) is 7.91. The van der Waals surface area contributed by atoms with Crippen molar-refractivity contribution in [1.82, 2.24) is 4.90 Å². The van der Waals surface area contributed by atoms with Crippen LogP contribution in [0, 0.1) is 0 Å². The van der Waals surface area contributed by atoms with Gasteiger partial charge in [0.05, 0.1) is 25.9 Å². The summed E-state index contributed by atoms with van der Waals surface area (Å²) in [6.45, 7) is 7.89. The van der Waals surface area contributed by atoms with Gasteiger partial charge < -0.3 is 14.2 Å². The molecule has 4 nitrogen and oxygen atoms in total. The van der Waals surface area contributed by atoms with Crippen molar-refractivity contribution in [2.24, 2.45) is 0 Å². The van der Waals surface area contributed by atoms with Crippen molar-refractivity contribution in [2.75, 3.05) is 13.1 Å². The Bertz CT molecular complexity index is 1250. The molecule has 4 heteroatoms. The van der Waals surface area contributed by atoms with Crippen LogP contribution in [0.15, 0.2) is 121 Å². The van der Waals surface area contributed by atoms with Crippen molar-refractivity contribution in [1.29, 1.82) is 0 Å². The van der Waals surface area contributed by atoms with Gasteiger partial charge in [0.15, 0.2) is 0 Å². The number of piperidine rings is 1. The Kier molecular flexibility index (Phi) is 10.2. The van der Waals surface area contributed by atoms with Crippen LogP contribution in [0.2, 0.25) is 0 Å². The first-order valence-corrected chi connectivity index (χ1v) is 14.4. The molecule has 1 saturated heterocycles. The lowest BCUT2D eigenvalue weighted by molar-refractivity contribution is -0.201. The van der Waals surface area contributed by atoms with Crippen LogP contribution in [0.1, 0.15) is 42.0 Å². The van der Waals surface area contributed by atoms with Gasteiger partial charge in [-0.2, -0.15) is 0 Å². The Morgan fingerprint density at radius 3 is 1.52 bits per heavy atom. The minimum absolute atomic E-state index is 0.135. The average Bonchev–Trinajstić information content (AvgIpc) is 3.01. The van der Waals surface area contributed by atoms with Gasteiger partial charge in [-0.15, -0.1) is 0 Å². The summed E-state index contributed by atoms with van der Waals surface area (Å²) in [5.74, 6) is 0.384. The molecule has 0 bridgehead atoms. The minimum Gasteiger partial charge on any atom is -0.369 e. The van der Waals surface area contributed by atoms with Crippen LogP contribution in [-0.2, 0) is 34.0 Å². The first-order chi connectivity index (χ1) is 19.7. The Morgan fingerprint density at radius 2 is 1.02 bits per heavy atom. The molecule has 4 aromatic carbocycles. The number of nitrogens with zero attached hydrogens (tertiary/aromatic N) is 1. The lowest BCUT2D eigenvalue weighted by Gasteiger charge is -2.48. The van der Waals surface area contributed by atoms with E-state index in [1.54, 1.807) is 0 Å². The van der Waals surface area contributed by atoms with Crippen LogP contribution in [-0.4, -0.2) is 42.3 Å². The number of hydrogen-bond acceptors (Lipinski definition) is 4. The Labute approximate surface area is 239 Å². The molecule has 5 rings (SSSR count). The topological polar surface area (TPSA) is 30.9 Å². The zero-order chi connectivity index (χ0) is 27.6. The molecule has 5 atom stereocenters. The van der Waals surface area contributed by atoms with E-state index in [1.165, 1.54) is 5.56 Å². The van der Waals surface area contributed by atoms with Crippen molar-refractivity contribution in [3.05, 3.63) is 144 Å². The van der Waals surface area contributed by atoms with Crippen LogP contribution in [0.4, 0.5) is 0 Å². The molecule has 0 saturated carbocycles. The summed E-state index contributed by atoms with van der Waals surface area (Å²) in [5.41, 5.74) is 4.82. The van der Waals surface area contributed by atoms with E-state index >= 15 is 0 Å². The molecule has 40 heavy (non-hydrogen) atoms. The van der Waals surface area contributed by atoms with Crippen molar-refractivity contribution in [2.45, 2.75) is 63.9 Å². The fourth-order valence-electron chi connectivity index (χ4n) is 5.57. The summed E-state index contributed by atoms with van der Waals surface area (Å²) >= 11 is 0. The predicted molar refractivity (Wildman–Crippen MR) is 161 cm³/mol. The number of rotatable bonds is 12. The van der Waals surface area contributed by atoms with Crippen LogP contribution in [0.5, 0.6) is 0 Å². The monoisotopic (exact) mass is 535 g/mol. The van der Waals surface area contributed by atoms with E-state index in [9.17, 15) is 0 Å². The SMILES string of the molecule is C[C@@H]1[C@@H](OCc2ccccc2)[C@H](OCc2ccccc2)[C@@H](OCc2ccccc2)CN1C[C@H](C)c1ccccc1. The largest absolute Gasteiger partial charge is 0.369 e. The van der Waals surface area contributed by atoms with E-state index < -0.39 is 0 Å². The Balaban J connectivity index is 1.39. The van der Waals surface area contributed by atoms with E-state index in [4.69, 9.17) is 14.2 Å². The molecule has 0 aliphatic carbocycles. The molecule has 0 radical (unpaired) electrons. The Morgan fingerprint density at radius 1 is 0.600 bits per heavy atom. The van der Waals surface area contributed by atoms with Gasteiger partial charge in [-0.05, 0) is 35.1 Å². The molecule has 0 unspecified atom stereocenters. The molecular weight excluding hydrogens is 494 g/mol. The zero-order valence-electron chi connectivity index (χ0n) is 23.6. The molecule has 0 spiro atoms. The zero-order valence-corrected chi connectivity index (χ0v) is 23.6. The molecule has 0 aromatic heterocycles. The van der Waals surface area contributed by atoms with Crippen LogP contribution < -0.4 is 0 Å². The van der Waals surface area contributed by atoms with Gasteiger partial charge in [0.2, 0.25) is 0 Å². The lowest BCUT2D eigenvalue weighted by atomic mass is 9.91. The van der Waals surface area contributed by atoms with Gasteiger partial charge >= 0.3 is 0 Å².